The SMILES string of the molecule is CCOC(=O)[C@]1(O)C[C@H](c2ccc(C)cc2)C[C@](O)(C(=O)OCC)[C@H]1N. The first-order valence-electron chi connectivity index (χ1n) is 8.80. The lowest BCUT2D eigenvalue weighted by molar-refractivity contribution is -0.198. The van der Waals surface area contributed by atoms with Crippen LogP contribution in [-0.2, 0) is 19.1 Å². The number of hydrogen-bond acceptors (Lipinski definition) is 7. The molecule has 0 unspecified atom stereocenters. The van der Waals surface area contributed by atoms with Crippen molar-refractivity contribution < 1.29 is 29.3 Å². The summed E-state index contributed by atoms with van der Waals surface area (Å²) in [6, 6.07) is 5.89. The highest BCUT2D eigenvalue weighted by Gasteiger charge is 2.62. The fourth-order valence-electron chi connectivity index (χ4n) is 3.48. The first-order valence-corrected chi connectivity index (χ1v) is 8.80. The minimum atomic E-state index is -2.20. The molecule has 1 aromatic rings. The maximum Gasteiger partial charge on any atom is 0.339 e. The molecule has 144 valence electrons. The van der Waals surface area contributed by atoms with Crippen molar-refractivity contribution in [3.05, 3.63) is 35.4 Å². The van der Waals surface area contributed by atoms with Gasteiger partial charge in [-0.05, 0) is 45.1 Å². The van der Waals surface area contributed by atoms with Crippen LogP contribution >= 0.6 is 0 Å². The zero-order valence-electron chi connectivity index (χ0n) is 15.4. The van der Waals surface area contributed by atoms with Gasteiger partial charge >= 0.3 is 11.9 Å². The highest BCUT2D eigenvalue weighted by atomic mass is 16.6. The number of carbonyl (C=O) groups excluding carboxylic acids is 2. The molecule has 0 amide bonds. The normalized spacial score (nSPS) is 31.3. The van der Waals surface area contributed by atoms with Crippen LogP contribution in [0.25, 0.3) is 0 Å². The zero-order valence-corrected chi connectivity index (χ0v) is 15.4. The highest BCUT2D eigenvalue weighted by molar-refractivity contribution is 5.87. The van der Waals surface area contributed by atoms with Gasteiger partial charge in [-0.1, -0.05) is 29.8 Å². The van der Waals surface area contributed by atoms with E-state index < -0.39 is 35.1 Å². The number of rotatable bonds is 5. The summed E-state index contributed by atoms with van der Waals surface area (Å²) in [4.78, 5) is 24.8. The first-order chi connectivity index (χ1) is 12.2. The Kier molecular flexibility index (Phi) is 6.05. The van der Waals surface area contributed by atoms with Gasteiger partial charge in [0.1, 0.15) is 0 Å². The molecule has 0 radical (unpaired) electrons. The Balaban J connectivity index is 2.47. The minimum absolute atomic E-state index is 0.0426. The molecule has 0 bridgehead atoms. The average molecular weight is 365 g/mol. The van der Waals surface area contributed by atoms with Gasteiger partial charge in [-0.25, -0.2) is 9.59 Å². The van der Waals surface area contributed by atoms with Crippen LogP contribution in [0.1, 0.15) is 43.7 Å². The summed E-state index contributed by atoms with van der Waals surface area (Å²) in [5, 5.41) is 22.0. The topological polar surface area (TPSA) is 119 Å². The molecule has 0 spiro atoms. The quantitative estimate of drug-likeness (QED) is 0.660. The van der Waals surface area contributed by atoms with Crippen LogP contribution in [0.5, 0.6) is 0 Å². The van der Waals surface area contributed by atoms with E-state index in [4.69, 9.17) is 15.2 Å². The summed E-state index contributed by atoms with van der Waals surface area (Å²) in [7, 11) is 0. The van der Waals surface area contributed by atoms with E-state index in [0.717, 1.165) is 11.1 Å². The zero-order chi connectivity index (χ0) is 19.5. The molecular weight excluding hydrogens is 338 g/mol. The molecule has 2 rings (SSSR count). The molecule has 7 nitrogen and oxygen atoms in total. The Morgan fingerprint density at radius 2 is 1.46 bits per heavy atom. The van der Waals surface area contributed by atoms with Crippen LogP contribution in [0.2, 0.25) is 0 Å². The van der Waals surface area contributed by atoms with E-state index in [0.29, 0.717) is 0 Å². The number of aliphatic hydroxyl groups is 2. The molecule has 0 heterocycles. The van der Waals surface area contributed by atoms with Crippen molar-refractivity contribution >= 4 is 11.9 Å². The van der Waals surface area contributed by atoms with Crippen molar-refractivity contribution in [2.24, 2.45) is 5.73 Å². The van der Waals surface area contributed by atoms with Crippen LogP contribution in [0, 0.1) is 6.92 Å². The summed E-state index contributed by atoms with van der Waals surface area (Å²) in [6.07, 6.45) is -0.116. The van der Waals surface area contributed by atoms with Gasteiger partial charge in [0.05, 0.1) is 19.3 Å². The largest absolute Gasteiger partial charge is 0.464 e. The Morgan fingerprint density at radius 3 is 1.85 bits per heavy atom. The van der Waals surface area contributed by atoms with Crippen LogP contribution in [0.4, 0.5) is 0 Å². The van der Waals surface area contributed by atoms with E-state index in [1.54, 1.807) is 13.8 Å². The van der Waals surface area contributed by atoms with Crippen molar-refractivity contribution in [1.29, 1.82) is 0 Å². The van der Waals surface area contributed by atoms with Crippen LogP contribution in [-0.4, -0.2) is 52.6 Å². The number of carbonyl (C=O) groups is 2. The van der Waals surface area contributed by atoms with Gasteiger partial charge in [-0.3, -0.25) is 0 Å². The molecule has 0 saturated heterocycles. The smallest absolute Gasteiger partial charge is 0.339 e. The van der Waals surface area contributed by atoms with Gasteiger partial charge in [0.15, 0.2) is 11.2 Å². The summed E-state index contributed by atoms with van der Waals surface area (Å²) in [5.41, 5.74) is 3.44. The maximum absolute atomic E-state index is 12.4. The predicted molar refractivity (Wildman–Crippen MR) is 94.3 cm³/mol. The third-order valence-corrected chi connectivity index (χ3v) is 4.95. The van der Waals surface area contributed by atoms with Gasteiger partial charge in [0.2, 0.25) is 0 Å². The average Bonchev–Trinajstić information content (AvgIpc) is 2.60. The number of hydrogen-bond donors (Lipinski definition) is 3. The Hall–Kier alpha value is -1.96. The van der Waals surface area contributed by atoms with Crippen molar-refractivity contribution in [3.8, 4) is 0 Å². The molecule has 1 aliphatic carbocycles. The Morgan fingerprint density at radius 1 is 1.04 bits per heavy atom. The molecular formula is C19H27NO6. The molecule has 1 saturated carbocycles. The lowest BCUT2D eigenvalue weighted by Gasteiger charge is -2.47. The van der Waals surface area contributed by atoms with E-state index in [1.807, 2.05) is 31.2 Å². The lowest BCUT2D eigenvalue weighted by atomic mass is 9.64. The van der Waals surface area contributed by atoms with E-state index in [9.17, 15) is 19.8 Å². The van der Waals surface area contributed by atoms with Gasteiger partial charge < -0.3 is 25.4 Å². The van der Waals surface area contributed by atoms with Gasteiger partial charge in [0, 0.05) is 0 Å². The maximum atomic E-state index is 12.4. The van der Waals surface area contributed by atoms with Crippen molar-refractivity contribution in [1.82, 2.24) is 0 Å². The van der Waals surface area contributed by atoms with E-state index in [2.05, 4.69) is 0 Å². The molecule has 26 heavy (non-hydrogen) atoms. The monoisotopic (exact) mass is 365 g/mol. The van der Waals surface area contributed by atoms with Crippen molar-refractivity contribution in [2.75, 3.05) is 13.2 Å². The number of benzene rings is 1. The van der Waals surface area contributed by atoms with Gasteiger partial charge in [-0.2, -0.15) is 0 Å². The van der Waals surface area contributed by atoms with E-state index >= 15 is 0 Å². The summed E-state index contributed by atoms with van der Waals surface area (Å²) in [6.45, 7) is 5.22. The second-order valence-corrected chi connectivity index (χ2v) is 6.78. The minimum Gasteiger partial charge on any atom is -0.464 e. The van der Waals surface area contributed by atoms with Crippen LogP contribution in [0.3, 0.4) is 0 Å². The van der Waals surface area contributed by atoms with E-state index in [-0.39, 0.29) is 26.1 Å². The Bertz CT molecular complexity index is 626. The van der Waals surface area contributed by atoms with Crippen LogP contribution in [0.15, 0.2) is 24.3 Å². The van der Waals surface area contributed by atoms with Crippen molar-refractivity contribution in [3.63, 3.8) is 0 Å². The molecule has 7 heteroatoms. The summed E-state index contributed by atoms with van der Waals surface area (Å²) >= 11 is 0. The number of aryl methyl sites for hydroxylation is 1. The molecule has 0 aromatic heterocycles. The number of ether oxygens (including phenoxy) is 2. The highest BCUT2D eigenvalue weighted by Crippen LogP contribution is 2.44. The van der Waals surface area contributed by atoms with E-state index in [1.165, 1.54) is 0 Å². The predicted octanol–water partition coefficient (Wildman–Crippen LogP) is 0.788. The third kappa shape index (κ3) is 3.60. The van der Waals surface area contributed by atoms with Gasteiger partial charge in [-0.15, -0.1) is 0 Å². The standard InChI is InChI=1S/C19H27NO6/c1-4-25-16(21)18(23)10-14(13-8-6-12(3)7-9-13)11-19(24,15(18)20)17(22)26-5-2/h6-9,14-15,23-24H,4-5,10-11,20H2,1-3H3/t14-,15-,18-,19+. The molecule has 4 atom stereocenters. The lowest BCUT2D eigenvalue weighted by Crippen LogP contribution is -2.71. The summed E-state index contributed by atoms with van der Waals surface area (Å²) in [5.74, 6) is -2.38. The molecule has 0 aliphatic heterocycles. The second-order valence-electron chi connectivity index (χ2n) is 6.78. The molecule has 1 fully saturated rings. The fourth-order valence-corrected chi connectivity index (χ4v) is 3.48. The molecule has 1 aliphatic rings. The Labute approximate surface area is 153 Å². The number of nitrogens with two attached hydrogens (primary N) is 1. The summed E-state index contributed by atoms with van der Waals surface area (Å²) < 4.78 is 9.92. The van der Waals surface area contributed by atoms with Crippen molar-refractivity contribution in [2.45, 2.75) is 56.8 Å². The third-order valence-electron chi connectivity index (χ3n) is 4.95. The van der Waals surface area contributed by atoms with Gasteiger partial charge in [0.25, 0.3) is 0 Å². The fraction of sp³-hybridized carbons (Fsp3) is 0.579. The second kappa shape index (κ2) is 7.73. The number of esters is 2. The van der Waals surface area contributed by atoms with Crippen LogP contribution < -0.4 is 5.73 Å². The first kappa shape index (κ1) is 20.4. The molecule has 1 aromatic carbocycles. The molecule has 4 N–H and O–H groups in total.